The highest BCUT2D eigenvalue weighted by molar-refractivity contribution is 7.80. The molecule has 152 valence electrons. The molecule has 2 aromatic rings. The van der Waals surface area contributed by atoms with Crippen LogP contribution in [0.15, 0.2) is 23.0 Å². The van der Waals surface area contributed by atoms with Crippen molar-refractivity contribution in [3.05, 3.63) is 45.2 Å². The topological polar surface area (TPSA) is 57.4 Å². The lowest BCUT2D eigenvalue weighted by Gasteiger charge is -2.28. The van der Waals surface area contributed by atoms with Gasteiger partial charge in [0.1, 0.15) is 0 Å². The van der Waals surface area contributed by atoms with Gasteiger partial charge in [-0.25, -0.2) is 0 Å². The van der Waals surface area contributed by atoms with Crippen LogP contribution in [0.5, 0.6) is 0 Å². The summed E-state index contributed by atoms with van der Waals surface area (Å²) in [4.78, 5) is 17.9. The smallest absolute Gasteiger partial charge is 0.253 e. The number of hydrogen-bond donors (Lipinski definition) is 2. The molecule has 1 aromatic heterocycles. The number of nitrogens with one attached hydrogen (secondary N) is 2. The third-order valence-corrected chi connectivity index (χ3v) is 5.53. The van der Waals surface area contributed by atoms with Gasteiger partial charge in [-0.1, -0.05) is 25.5 Å². The number of thiocarbonyl (C=S) groups is 1. The maximum atomic E-state index is 12.8. The van der Waals surface area contributed by atoms with Crippen molar-refractivity contribution in [3.63, 3.8) is 0 Å². The third kappa shape index (κ3) is 5.11. The molecule has 0 saturated carbocycles. The van der Waals surface area contributed by atoms with Crippen LogP contribution in [0.2, 0.25) is 0 Å². The predicted molar refractivity (Wildman–Crippen MR) is 119 cm³/mol. The van der Waals surface area contributed by atoms with Gasteiger partial charge in [-0.2, -0.15) is 0 Å². The van der Waals surface area contributed by atoms with Gasteiger partial charge in [-0.3, -0.25) is 4.79 Å². The van der Waals surface area contributed by atoms with Gasteiger partial charge in [0.25, 0.3) is 5.56 Å². The molecule has 1 saturated heterocycles. The highest BCUT2D eigenvalue weighted by Crippen LogP contribution is 2.19. The summed E-state index contributed by atoms with van der Waals surface area (Å²) in [6.45, 7) is 11.2. The fourth-order valence-electron chi connectivity index (χ4n) is 3.71. The second-order valence-electron chi connectivity index (χ2n) is 8.27. The van der Waals surface area contributed by atoms with Gasteiger partial charge in [0.2, 0.25) is 0 Å². The minimum atomic E-state index is -0.0524. The minimum Gasteiger partial charge on any atom is -0.376 e. The van der Waals surface area contributed by atoms with Crippen molar-refractivity contribution in [2.75, 3.05) is 19.7 Å². The molecule has 1 atom stereocenters. The van der Waals surface area contributed by atoms with Gasteiger partial charge < -0.3 is 19.9 Å². The highest BCUT2D eigenvalue weighted by Gasteiger charge is 2.22. The second kappa shape index (κ2) is 9.05. The van der Waals surface area contributed by atoms with Crippen molar-refractivity contribution >= 4 is 28.2 Å². The van der Waals surface area contributed by atoms with Crippen LogP contribution in [-0.4, -0.2) is 40.8 Å². The van der Waals surface area contributed by atoms with Crippen LogP contribution in [-0.2, 0) is 11.3 Å². The van der Waals surface area contributed by atoms with Crippen LogP contribution in [0.3, 0.4) is 0 Å². The van der Waals surface area contributed by atoms with Crippen LogP contribution < -0.4 is 10.9 Å². The molecule has 0 amide bonds. The molecule has 0 unspecified atom stereocenters. The Kier molecular flexibility index (Phi) is 6.73. The Morgan fingerprint density at radius 1 is 1.36 bits per heavy atom. The largest absolute Gasteiger partial charge is 0.376 e. The highest BCUT2D eigenvalue weighted by atomic mass is 32.1. The molecule has 1 fully saturated rings. The standard InChI is InChI=1S/C22H31N3O2S/c1-14(2)11-23-22(28)25(13-19-6-5-7-27-19)12-18-10-17-9-15(3)8-16(4)20(17)24-21(18)26/h8-10,14,19H,5-7,11-13H2,1-4H3,(H,23,28)(H,24,26)/t19-/m1/s1. The molecule has 0 bridgehead atoms. The third-order valence-electron chi connectivity index (χ3n) is 5.13. The van der Waals surface area contributed by atoms with Crippen molar-refractivity contribution in [2.24, 2.45) is 5.92 Å². The Morgan fingerprint density at radius 2 is 2.14 bits per heavy atom. The van der Waals surface area contributed by atoms with Crippen molar-refractivity contribution in [1.82, 2.24) is 15.2 Å². The zero-order valence-electron chi connectivity index (χ0n) is 17.3. The molecule has 0 spiro atoms. The van der Waals surface area contributed by atoms with E-state index in [1.807, 2.05) is 13.0 Å². The monoisotopic (exact) mass is 401 g/mol. The van der Waals surface area contributed by atoms with Gasteiger partial charge in [-0.05, 0) is 67.9 Å². The van der Waals surface area contributed by atoms with Crippen LogP contribution in [0.1, 0.15) is 43.4 Å². The molecule has 0 radical (unpaired) electrons. The van der Waals surface area contributed by atoms with Gasteiger partial charge in [-0.15, -0.1) is 0 Å². The Hall–Kier alpha value is -1.92. The quantitative estimate of drug-likeness (QED) is 0.724. The van der Waals surface area contributed by atoms with E-state index >= 15 is 0 Å². The lowest BCUT2D eigenvalue weighted by atomic mass is 10.1. The Bertz CT molecular complexity index is 901. The molecule has 5 nitrogen and oxygen atoms in total. The first-order chi connectivity index (χ1) is 13.3. The van der Waals surface area contributed by atoms with E-state index in [1.165, 1.54) is 5.56 Å². The number of aryl methyl sites for hydroxylation is 2. The molecular weight excluding hydrogens is 370 g/mol. The van der Waals surface area contributed by atoms with Crippen LogP contribution in [0.25, 0.3) is 10.9 Å². The second-order valence-corrected chi connectivity index (χ2v) is 8.65. The zero-order chi connectivity index (χ0) is 20.3. The summed E-state index contributed by atoms with van der Waals surface area (Å²) in [7, 11) is 0. The van der Waals surface area contributed by atoms with Crippen molar-refractivity contribution < 1.29 is 4.74 Å². The van der Waals surface area contributed by atoms with Crippen LogP contribution in [0, 0.1) is 19.8 Å². The molecule has 6 heteroatoms. The number of hydrogen-bond acceptors (Lipinski definition) is 3. The number of ether oxygens (including phenoxy) is 1. The van der Waals surface area contributed by atoms with Gasteiger partial charge in [0, 0.05) is 25.3 Å². The summed E-state index contributed by atoms with van der Waals surface area (Å²) >= 11 is 5.66. The summed E-state index contributed by atoms with van der Waals surface area (Å²) in [6, 6.07) is 6.20. The average molecular weight is 402 g/mol. The molecule has 2 heterocycles. The van der Waals surface area contributed by atoms with Crippen molar-refractivity contribution in [2.45, 2.75) is 53.2 Å². The maximum Gasteiger partial charge on any atom is 0.253 e. The molecule has 1 aliphatic rings. The average Bonchev–Trinajstić information content (AvgIpc) is 3.13. The number of pyridine rings is 1. The van der Waals surface area contributed by atoms with E-state index in [9.17, 15) is 4.79 Å². The van der Waals surface area contributed by atoms with E-state index < -0.39 is 0 Å². The number of H-pyrrole nitrogens is 1. The van der Waals surface area contributed by atoms with Gasteiger partial charge >= 0.3 is 0 Å². The Labute approximate surface area is 172 Å². The summed E-state index contributed by atoms with van der Waals surface area (Å²) < 4.78 is 5.81. The van der Waals surface area contributed by atoms with E-state index in [4.69, 9.17) is 17.0 Å². The lowest BCUT2D eigenvalue weighted by molar-refractivity contribution is 0.0896. The van der Waals surface area contributed by atoms with Gasteiger partial charge in [0.15, 0.2) is 5.11 Å². The summed E-state index contributed by atoms with van der Waals surface area (Å²) in [5.74, 6) is 0.498. The maximum absolute atomic E-state index is 12.8. The molecule has 0 aliphatic carbocycles. The van der Waals surface area contributed by atoms with E-state index in [2.05, 4.69) is 48.1 Å². The number of nitrogens with zero attached hydrogens (tertiary/aromatic N) is 1. The van der Waals surface area contributed by atoms with Crippen molar-refractivity contribution in [3.8, 4) is 0 Å². The SMILES string of the molecule is Cc1cc(C)c2[nH]c(=O)c(CN(C[C@H]3CCCO3)C(=S)NCC(C)C)cc2c1. The molecule has 2 N–H and O–H groups in total. The Morgan fingerprint density at radius 3 is 2.82 bits per heavy atom. The fourth-order valence-corrected chi connectivity index (χ4v) is 3.93. The number of benzene rings is 1. The molecular formula is C22H31N3O2S. The molecule has 1 aromatic carbocycles. The lowest BCUT2D eigenvalue weighted by Crippen LogP contribution is -2.44. The number of aromatic nitrogens is 1. The van der Waals surface area contributed by atoms with Gasteiger partial charge in [0.05, 0.1) is 18.2 Å². The van der Waals surface area contributed by atoms with Crippen molar-refractivity contribution in [1.29, 1.82) is 0 Å². The fraction of sp³-hybridized carbons (Fsp3) is 0.545. The normalized spacial score (nSPS) is 16.7. The Balaban J connectivity index is 1.87. The minimum absolute atomic E-state index is 0.0524. The zero-order valence-corrected chi connectivity index (χ0v) is 18.1. The van der Waals surface area contributed by atoms with Crippen LogP contribution in [0.4, 0.5) is 0 Å². The molecule has 28 heavy (non-hydrogen) atoms. The van der Waals surface area contributed by atoms with E-state index in [1.54, 1.807) is 0 Å². The summed E-state index contributed by atoms with van der Waals surface area (Å²) in [5.41, 5.74) is 3.86. The number of fused-ring (bicyclic) bond motifs is 1. The molecule has 3 rings (SSSR count). The van der Waals surface area contributed by atoms with E-state index in [-0.39, 0.29) is 11.7 Å². The van der Waals surface area contributed by atoms with E-state index in [0.29, 0.717) is 24.1 Å². The summed E-state index contributed by atoms with van der Waals surface area (Å²) in [5, 5.41) is 5.09. The van der Waals surface area contributed by atoms with Crippen LogP contribution >= 0.6 is 12.2 Å². The van der Waals surface area contributed by atoms with E-state index in [0.717, 1.165) is 48.0 Å². The number of aromatic amines is 1. The predicted octanol–water partition coefficient (Wildman–Crippen LogP) is 3.66. The number of rotatable bonds is 6. The first kappa shape index (κ1) is 20.8. The first-order valence-corrected chi connectivity index (χ1v) is 10.5. The molecule has 1 aliphatic heterocycles. The summed E-state index contributed by atoms with van der Waals surface area (Å²) in [6.07, 6.45) is 2.29. The first-order valence-electron chi connectivity index (χ1n) is 10.1.